The molecule has 3 aromatic carbocycles. The van der Waals surface area contributed by atoms with Crippen molar-refractivity contribution in [1.82, 2.24) is 44.3 Å². The summed E-state index contributed by atoms with van der Waals surface area (Å²) in [4.78, 5) is 62.2. The minimum Gasteiger partial charge on any atom is -0.511 e. The zero-order valence-corrected chi connectivity index (χ0v) is 42.6. The van der Waals surface area contributed by atoms with Gasteiger partial charge in [-0.15, -0.1) is 10.2 Å². The lowest BCUT2D eigenvalue weighted by Gasteiger charge is -2.39. The molecular formula is C55H69N13O6. The number of aromatic hydroxyl groups is 1. The first-order valence-corrected chi connectivity index (χ1v) is 26.4. The number of primary amides is 1. The van der Waals surface area contributed by atoms with E-state index in [1.807, 2.05) is 72.2 Å². The average Bonchev–Trinajstić information content (AvgIpc) is 3.87. The summed E-state index contributed by atoms with van der Waals surface area (Å²) in [5, 5.41) is 45.7. The molecule has 1 unspecified atom stereocenters. The van der Waals surface area contributed by atoms with E-state index < -0.39 is 12.0 Å². The molecule has 19 heteroatoms. The number of phenolic OH excluding ortho intramolecular Hbond substituents is 1. The molecule has 4 aliphatic heterocycles. The minimum atomic E-state index is -0.775. The van der Waals surface area contributed by atoms with Crippen LogP contribution in [0.2, 0.25) is 0 Å². The van der Waals surface area contributed by atoms with Crippen LogP contribution in [0.4, 0.5) is 17.5 Å². The lowest BCUT2D eigenvalue weighted by atomic mass is 9.93. The van der Waals surface area contributed by atoms with Gasteiger partial charge in [0.15, 0.2) is 5.82 Å². The number of aliphatic hydroxyl groups excluding tert-OH is 2. The van der Waals surface area contributed by atoms with Gasteiger partial charge in [-0.1, -0.05) is 50.2 Å². The molecule has 74 heavy (non-hydrogen) atoms. The molecule has 19 nitrogen and oxygen atoms in total. The van der Waals surface area contributed by atoms with Gasteiger partial charge in [-0.05, 0) is 72.4 Å². The molecule has 10 rings (SSSR count). The third kappa shape index (κ3) is 10.9. The van der Waals surface area contributed by atoms with Crippen molar-refractivity contribution in [3.05, 3.63) is 107 Å². The number of nitrogens with one attached hydrogen (secondary N) is 1. The molecule has 3 saturated heterocycles. The second-order valence-corrected chi connectivity index (χ2v) is 20.3. The van der Waals surface area contributed by atoms with E-state index in [9.17, 15) is 29.7 Å². The van der Waals surface area contributed by atoms with Crippen LogP contribution in [0.5, 0.6) is 5.75 Å². The van der Waals surface area contributed by atoms with E-state index in [2.05, 4.69) is 41.2 Å². The molecule has 0 spiro atoms. The number of aliphatic hydroxyl groups is 2. The summed E-state index contributed by atoms with van der Waals surface area (Å²) in [6.45, 7) is 15.4. The Bertz CT molecular complexity index is 2930. The standard InChI is InChI=1S/C55H69N13O6/c1-3-38-30-44(48(71)32-47(38)70)53-60-61-54(51(56)74)68(53)40-11-9-36(10-12-40)33-62-21-23-63(24-22-62)34-37-14-18-64(19-15-37)50(73)13-17-57-55-58-45-35-67(46-31-41(69)29-39-7-5-6-8-42(39)46)20-16-43(45)52(59-55)66-27-25-65(26-28-66)49(72)4-2/h5-12,29-31,37,47,69-71H,3-4,13-28,32-35H2,1-2H3,(H2,56,74)(H,57,58,59). The Morgan fingerprint density at radius 2 is 1.53 bits per heavy atom. The maximum absolute atomic E-state index is 13.6. The van der Waals surface area contributed by atoms with E-state index in [1.165, 1.54) is 0 Å². The molecule has 0 radical (unpaired) electrons. The van der Waals surface area contributed by atoms with Crippen molar-refractivity contribution in [3.63, 3.8) is 0 Å². The first-order chi connectivity index (χ1) is 35.9. The maximum Gasteiger partial charge on any atom is 0.287 e. The second kappa shape index (κ2) is 22.2. The number of nitrogens with two attached hydrogens (primary N) is 1. The summed E-state index contributed by atoms with van der Waals surface area (Å²) >= 11 is 0. The van der Waals surface area contributed by atoms with Crippen molar-refractivity contribution in [2.45, 2.75) is 78.0 Å². The fourth-order valence-corrected chi connectivity index (χ4v) is 11.4. The Balaban J connectivity index is 0.703. The van der Waals surface area contributed by atoms with E-state index in [1.54, 1.807) is 16.7 Å². The first-order valence-electron chi connectivity index (χ1n) is 26.4. The molecule has 3 amide bonds. The molecule has 0 saturated carbocycles. The number of carbonyl (C=O) groups is 3. The molecule has 0 bridgehead atoms. The lowest BCUT2D eigenvalue weighted by molar-refractivity contribution is -0.132. The highest BCUT2D eigenvalue weighted by atomic mass is 16.3. The first kappa shape index (κ1) is 50.4. The molecule has 1 aliphatic carbocycles. The summed E-state index contributed by atoms with van der Waals surface area (Å²) in [5.41, 5.74) is 11.7. The van der Waals surface area contributed by atoms with Crippen molar-refractivity contribution in [2.24, 2.45) is 11.7 Å². The van der Waals surface area contributed by atoms with Gasteiger partial charge >= 0.3 is 0 Å². The molecule has 1 atom stereocenters. The number of hydrogen-bond donors (Lipinski definition) is 5. The van der Waals surface area contributed by atoms with Crippen molar-refractivity contribution in [1.29, 1.82) is 0 Å². The van der Waals surface area contributed by atoms with Crippen molar-refractivity contribution in [2.75, 3.05) is 100 Å². The van der Waals surface area contributed by atoms with Gasteiger partial charge in [0.25, 0.3) is 5.91 Å². The van der Waals surface area contributed by atoms with Gasteiger partial charge in [-0.2, -0.15) is 4.98 Å². The summed E-state index contributed by atoms with van der Waals surface area (Å²) in [5.74, 6) is 1.95. The number of hydrogen-bond acceptors (Lipinski definition) is 15. The molecule has 3 fully saturated rings. The number of allylic oxidation sites excluding steroid dienone is 2. The number of piperidine rings is 1. The number of anilines is 3. The number of amides is 3. The van der Waals surface area contributed by atoms with E-state index in [4.69, 9.17) is 15.7 Å². The van der Waals surface area contributed by atoms with Gasteiger partial charge in [-0.25, -0.2) is 4.98 Å². The van der Waals surface area contributed by atoms with Gasteiger partial charge in [0.1, 0.15) is 17.3 Å². The van der Waals surface area contributed by atoms with Gasteiger partial charge in [0.2, 0.25) is 23.6 Å². The molecule has 6 N–H and O–H groups in total. The summed E-state index contributed by atoms with van der Waals surface area (Å²) in [6, 6.07) is 19.6. The number of fused-ring (bicyclic) bond motifs is 2. The monoisotopic (exact) mass is 1010 g/mol. The third-order valence-corrected chi connectivity index (χ3v) is 15.6. The molecular weight excluding hydrogens is 939 g/mol. The predicted molar refractivity (Wildman–Crippen MR) is 284 cm³/mol. The van der Waals surface area contributed by atoms with Crippen LogP contribution in [-0.4, -0.2) is 169 Å². The number of piperazine rings is 2. The van der Waals surface area contributed by atoms with Gasteiger partial charge in [0.05, 0.1) is 23.9 Å². The van der Waals surface area contributed by atoms with Crippen LogP contribution < -0.4 is 20.9 Å². The largest absolute Gasteiger partial charge is 0.511 e. The number of carbonyl (C=O) groups excluding carboxylic acids is 3. The topological polar surface area (TPSA) is 226 Å². The molecule has 5 aromatic rings. The third-order valence-electron chi connectivity index (χ3n) is 15.6. The van der Waals surface area contributed by atoms with Crippen LogP contribution in [0.15, 0.2) is 78.1 Å². The zero-order chi connectivity index (χ0) is 51.5. The van der Waals surface area contributed by atoms with Gasteiger partial charge in [0, 0.05) is 139 Å². The summed E-state index contributed by atoms with van der Waals surface area (Å²) < 4.78 is 1.57. The average molecular weight is 1010 g/mol. The van der Waals surface area contributed by atoms with E-state index in [-0.39, 0.29) is 35.6 Å². The van der Waals surface area contributed by atoms with Gasteiger partial charge in [-0.3, -0.25) is 23.9 Å². The van der Waals surface area contributed by atoms with Crippen molar-refractivity contribution >= 4 is 51.5 Å². The lowest BCUT2D eigenvalue weighted by Crippen LogP contribution is -2.49. The van der Waals surface area contributed by atoms with Crippen LogP contribution in [-0.2, 0) is 29.1 Å². The molecule has 2 aromatic heterocycles. The number of benzene rings is 3. The number of nitrogens with zero attached hydrogens (tertiary/aromatic N) is 11. The Kier molecular flexibility index (Phi) is 15.1. The van der Waals surface area contributed by atoms with E-state index in [0.29, 0.717) is 87.5 Å². The highest BCUT2D eigenvalue weighted by Gasteiger charge is 2.31. The van der Waals surface area contributed by atoms with Crippen molar-refractivity contribution < 1.29 is 29.7 Å². The fourth-order valence-electron chi connectivity index (χ4n) is 11.4. The number of aromatic nitrogens is 5. The summed E-state index contributed by atoms with van der Waals surface area (Å²) in [6.07, 6.45) is 5.13. The zero-order valence-electron chi connectivity index (χ0n) is 42.6. The highest BCUT2D eigenvalue weighted by molar-refractivity contribution is 5.96. The second-order valence-electron chi connectivity index (χ2n) is 20.3. The highest BCUT2D eigenvalue weighted by Crippen LogP contribution is 2.37. The Morgan fingerprint density at radius 1 is 0.797 bits per heavy atom. The Morgan fingerprint density at radius 3 is 2.26 bits per heavy atom. The number of phenols is 1. The SMILES string of the molecule is CCC(=O)N1CCN(c2nc(NCCC(=O)N3CCC(CN4CCN(Cc5ccc(-n6c(C(N)=O)nnc6C6=C(O)CC(O)C(CC)=C6)cc5)CC4)CC3)nc3c2CCN(c2cc(O)cc4ccccc24)C3)CC1. The maximum atomic E-state index is 13.6. The number of likely N-dealkylation sites (tertiary alicyclic amines) is 1. The van der Waals surface area contributed by atoms with Gasteiger partial charge < -0.3 is 50.9 Å². The van der Waals surface area contributed by atoms with Crippen LogP contribution in [0.25, 0.3) is 22.0 Å². The summed E-state index contributed by atoms with van der Waals surface area (Å²) in [7, 11) is 0. The molecule has 390 valence electrons. The smallest absolute Gasteiger partial charge is 0.287 e. The van der Waals surface area contributed by atoms with E-state index >= 15 is 0 Å². The normalized spacial score (nSPS) is 19.2. The van der Waals surface area contributed by atoms with Crippen LogP contribution in [0.3, 0.4) is 0 Å². The quantitative estimate of drug-likeness (QED) is 0.0944. The minimum absolute atomic E-state index is 0.0199. The Labute approximate surface area is 432 Å². The predicted octanol–water partition coefficient (Wildman–Crippen LogP) is 4.86. The number of rotatable bonds is 15. The van der Waals surface area contributed by atoms with Crippen LogP contribution in [0, 0.1) is 5.92 Å². The van der Waals surface area contributed by atoms with E-state index in [0.717, 1.165) is 123 Å². The van der Waals surface area contributed by atoms with Crippen molar-refractivity contribution in [3.8, 4) is 11.4 Å². The molecule has 6 heterocycles. The fraction of sp³-hybridized carbons (Fsp3) is 0.473. The van der Waals surface area contributed by atoms with Crippen LogP contribution in [0.1, 0.15) is 85.6 Å². The van der Waals surface area contributed by atoms with Crippen LogP contribution >= 0.6 is 0 Å². The Hall–Kier alpha value is -7.09. The molecule has 5 aliphatic rings.